The van der Waals surface area contributed by atoms with Crippen molar-refractivity contribution in [2.24, 2.45) is 5.73 Å². The SMILES string of the molecule is CC(C(=O)NCCCN)n1nnc(-c2ccccc2)n1.Cl. The third-order valence-electron chi connectivity index (χ3n) is 2.87. The first-order valence-corrected chi connectivity index (χ1v) is 6.55. The van der Waals surface area contributed by atoms with Crippen molar-refractivity contribution in [2.75, 3.05) is 13.1 Å². The van der Waals surface area contributed by atoms with Gasteiger partial charge in [0.2, 0.25) is 11.7 Å². The Morgan fingerprint density at radius 2 is 2.10 bits per heavy atom. The highest BCUT2D eigenvalue weighted by atomic mass is 35.5. The number of halogens is 1. The monoisotopic (exact) mass is 310 g/mol. The van der Waals surface area contributed by atoms with Crippen molar-refractivity contribution in [3.63, 3.8) is 0 Å². The summed E-state index contributed by atoms with van der Waals surface area (Å²) in [5, 5.41) is 14.9. The topological polar surface area (TPSA) is 98.7 Å². The lowest BCUT2D eigenvalue weighted by molar-refractivity contribution is -0.124. The average Bonchev–Trinajstić information content (AvgIpc) is 2.97. The lowest BCUT2D eigenvalue weighted by Gasteiger charge is -2.10. The van der Waals surface area contributed by atoms with Gasteiger partial charge in [-0.1, -0.05) is 30.3 Å². The quantitative estimate of drug-likeness (QED) is 0.768. The standard InChI is InChI=1S/C13H18N6O.ClH/c1-10(13(20)15-9-5-8-14)19-17-12(16-18-19)11-6-3-2-4-7-11;/h2-4,6-7,10H,5,8-9,14H2,1H3,(H,15,20);1H. The van der Waals surface area contributed by atoms with Gasteiger partial charge in [-0.25, -0.2) is 0 Å². The molecule has 0 saturated carbocycles. The minimum atomic E-state index is -0.502. The summed E-state index contributed by atoms with van der Waals surface area (Å²) in [6, 6.07) is 9.01. The van der Waals surface area contributed by atoms with Gasteiger partial charge >= 0.3 is 0 Å². The molecule has 8 heteroatoms. The second-order valence-electron chi connectivity index (χ2n) is 4.41. The molecular formula is C13H19ClN6O. The van der Waals surface area contributed by atoms with E-state index in [1.165, 1.54) is 4.80 Å². The maximum absolute atomic E-state index is 11.9. The summed E-state index contributed by atoms with van der Waals surface area (Å²) in [5.74, 6) is 0.364. The summed E-state index contributed by atoms with van der Waals surface area (Å²) < 4.78 is 0. The van der Waals surface area contributed by atoms with Gasteiger partial charge in [-0.3, -0.25) is 4.79 Å². The number of rotatable bonds is 6. The van der Waals surface area contributed by atoms with Crippen LogP contribution < -0.4 is 11.1 Å². The van der Waals surface area contributed by atoms with Crippen molar-refractivity contribution in [1.29, 1.82) is 0 Å². The highest BCUT2D eigenvalue weighted by Gasteiger charge is 2.18. The zero-order valence-corrected chi connectivity index (χ0v) is 12.6. The molecule has 7 nitrogen and oxygen atoms in total. The Labute approximate surface area is 129 Å². The number of nitrogens with two attached hydrogens (primary N) is 1. The highest BCUT2D eigenvalue weighted by molar-refractivity contribution is 5.85. The number of nitrogens with one attached hydrogen (secondary N) is 1. The Morgan fingerprint density at radius 1 is 1.38 bits per heavy atom. The first kappa shape index (κ1) is 17.1. The molecule has 21 heavy (non-hydrogen) atoms. The molecule has 1 heterocycles. The van der Waals surface area contributed by atoms with E-state index in [0.717, 1.165) is 12.0 Å². The van der Waals surface area contributed by atoms with Gasteiger partial charge in [0.25, 0.3) is 0 Å². The highest BCUT2D eigenvalue weighted by Crippen LogP contribution is 2.13. The summed E-state index contributed by atoms with van der Waals surface area (Å²) >= 11 is 0. The van der Waals surface area contributed by atoms with Gasteiger partial charge in [0.05, 0.1) is 0 Å². The second kappa shape index (κ2) is 8.33. The molecular weight excluding hydrogens is 292 g/mol. The van der Waals surface area contributed by atoms with Gasteiger partial charge in [0.1, 0.15) is 6.04 Å². The maximum atomic E-state index is 11.9. The van der Waals surface area contributed by atoms with E-state index in [9.17, 15) is 4.79 Å². The molecule has 1 aromatic carbocycles. The van der Waals surface area contributed by atoms with Crippen molar-refractivity contribution < 1.29 is 4.79 Å². The van der Waals surface area contributed by atoms with Crippen LogP contribution in [0.25, 0.3) is 11.4 Å². The Morgan fingerprint density at radius 3 is 2.76 bits per heavy atom. The molecule has 2 rings (SSSR count). The van der Waals surface area contributed by atoms with Crippen molar-refractivity contribution in [2.45, 2.75) is 19.4 Å². The lowest BCUT2D eigenvalue weighted by atomic mass is 10.2. The number of carbonyl (C=O) groups is 1. The zero-order chi connectivity index (χ0) is 14.4. The fraction of sp³-hybridized carbons (Fsp3) is 0.385. The number of hydrogen-bond donors (Lipinski definition) is 2. The Bertz CT molecular complexity index is 559. The first-order chi connectivity index (χ1) is 9.72. The molecule has 0 aliphatic heterocycles. The first-order valence-electron chi connectivity index (χ1n) is 6.55. The predicted octanol–water partition coefficient (Wildman–Crippen LogP) is 0.788. The number of benzene rings is 1. The smallest absolute Gasteiger partial charge is 0.246 e. The maximum Gasteiger partial charge on any atom is 0.246 e. The van der Waals surface area contributed by atoms with Crippen LogP contribution in [0.3, 0.4) is 0 Å². The summed E-state index contributed by atoms with van der Waals surface area (Å²) in [6.07, 6.45) is 0.749. The minimum Gasteiger partial charge on any atom is -0.354 e. The number of aromatic nitrogens is 4. The molecule has 0 spiro atoms. The molecule has 0 aliphatic rings. The number of hydrogen-bond acceptors (Lipinski definition) is 5. The van der Waals surface area contributed by atoms with Crippen LogP contribution in [0.2, 0.25) is 0 Å². The molecule has 2 aromatic rings. The molecule has 0 saturated heterocycles. The molecule has 1 aromatic heterocycles. The van der Waals surface area contributed by atoms with E-state index in [1.807, 2.05) is 30.3 Å². The normalized spacial score (nSPS) is 11.5. The fourth-order valence-corrected chi connectivity index (χ4v) is 1.66. The van der Waals surface area contributed by atoms with Gasteiger partial charge in [-0.15, -0.1) is 22.6 Å². The predicted molar refractivity (Wildman–Crippen MR) is 81.9 cm³/mol. The third kappa shape index (κ3) is 4.51. The van der Waals surface area contributed by atoms with Crippen molar-refractivity contribution in [3.8, 4) is 11.4 Å². The van der Waals surface area contributed by atoms with Crippen LogP contribution in [-0.2, 0) is 4.79 Å². The van der Waals surface area contributed by atoms with Crippen LogP contribution in [0.5, 0.6) is 0 Å². The van der Waals surface area contributed by atoms with Gasteiger partial charge in [0.15, 0.2) is 0 Å². The van der Waals surface area contributed by atoms with Gasteiger partial charge in [-0.05, 0) is 25.1 Å². The molecule has 0 aliphatic carbocycles. The van der Waals surface area contributed by atoms with E-state index < -0.39 is 6.04 Å². The van der Waals surface area contributed by atoms with E-state index >= 15 is 0 Å². The van der Waals surface area contributed by atoms with Gasteiger partial charge in [-0.2, -0.15) is 4.80 Å². The van der Waals surface area contributed by atoms with E-state index in [1.54, 1.807) is 6.92 Å². The fourth-order valence-electron chi connectivity index (χ4n) is 1.66. The second-order valence-corrected chi connectivity index (χ2v) is 4.41. The zero-order valence-electron chi connectivity index (χ0n) is 11.8. The molecule has 0 fully saturated rings. The number of carbonyl (C=O) groups excluding carboxylic acids is 1. The number of amides is 1. The van der Waals surface area contributed by atoms with E-state index in [0.29, 0.717) is 18.9 Å². The Hall–Kier alpha value is -1.99. The van der Waals surface area contributed by atoms with Gasteiger partial charge < -0.3 is 11.1 Å². The number of nitrogens with zero attached hydrogens (tertiary/aromatic N) is 4. The summed E-state index contributed by atoms with van der Waals surface area (Å²) in [7, 11) is 0. The van der Waals surface area contributed by atoms with Crippen LogP contribution in [-0.4, -0.2) is 39.2 Å². The largest absolute Gasteiger partial charge is 0.354 e. The van der Waals surface area contributed by atoms with Gasteiger partial charge in [0, 0.05) is 12.1 Å². The minimum absolute atomic E-state index is 0. The Balaban J connectivity index is 0.00000220. The molecule has 1 atom stereocenters. The number of tetrazole rings is 1. The van der Waals surface area contributed by atoms with E-state index in [-0.39, 0.29) is 18.3 Å². The van der Waals surface area contributed by atoms with Crippen LogP contribution in [0.15, 0.2) is 30.3 Å². The summed E-state index contributed by atoms with van der Waals surface area (Å²) in [4.78, 5) is 13.2. The molecule has 1 unspecified atom stereocenters. The lowest BCUT2D eigenvalue weighted by Crippen LogP contribution is -2.33. The van der Waals surface area contributed by atoms with Crippen molar-refractivity contribution in [3.05, 3.63) is 30.3 Å². The Kier molecular flexibility index (Phi) is 6.77. The van der Waals surface area contributed by atoms with Crippen LogP contribution in [0.4, 0.5) is 0 Å². The molecule has 0 radical (unpaired) electrons. The molecule has 3 N–H and O–H groups in total. The van der Waals surface area contributed by atoms with Crippen molar-refractivity contribution >= 4 is 18.3 Å². The van der Waals surface area contributed by atoms with Crippen LogP contribution in [0, 0.1) is 0 Å². The summed E-state index contributed by atoms with van der Waals surface area (Å²) in [5.41, 5.74) is 6.25. The van der Waals surface area contributed by atoms with E-state index in [2.05, 4.69) is 20.7 Å². The molecule has 1 amide bonds. The average molecular weight is 311 g/mol. The van der Waals surface area contributed by atoms with Crippen LogP contribution in [0.1, 0.15) is 19.4 Å². The van der Waals surface area contributed by atoms with Crippen molar-refractivity contribution in [1.82, 2.24) is 25.5 Å². The third-order valence-corrected chi connectivity index (χ3v) is 2.87. The van der Waals surface area contributed by atoms with Crippen LogP contribution >= 0.6 is 12.4 Å². The molecule has 114 valence electrons. The molecule has 0 bridgehead atoms. The summed E-state index contributed by atoms with van der Waals surface area (Å²) in [6.45, 7) is 2.84. The van der Waals surface area contributed by atoms with E-state index in [4.69, 9.17) is 5.73 Å².